The molecular formula is C11H14FNO. The van der Waals surface area contributed by atoms with Crippen LogP contribution in [0.3, 0.4) is 0 Å². The molecule has 0 atom stereocenters. The molecule has 0 aliphatic carbocycles. The van der Waals surface area contributed by atoms with E-state index >= 15 is 0 Å². The minimum Gasteiger partial charge on any atom is -0.384 e. The van der Waals surface area contributed by atoms with Crippen molar-refractivity contribution >= 4 is 0 Å². The molecule has 1 heterocycles. The average molecular weight is 195 g/mol. The van der Waals surface area contributed by atoms with Gasteiger partial charge in [-0.05, 0) is 17.7 Å². The van der Waals surface area contributed by atoms with E-state index in [0.29, 0.717) is 6.61 Å². The van der Waals surface area contributed by atoms with E-state index in [1.165, 1.54) is 12.1 Å². The maximum Gasteiger partial charge on any atom is 0.123 e. The van der Waals surface area contributed by atoms with Crippen molar-refractivity contribution in [2.24, 2.45) is 0 Å². The molecule has 3 heteroatoms. The standard InChI is InChI=1S/C11H14FNO/c1-14-8-11(6-13-7-11)9-2-4-10(12)5-3-9/h2-5,13H,6-8H2,1H3. The monoisotopic (exact) mass is 195 g/mol. The molecule has 0 unspecified atom stereocenters. The fourth-order valence-corrected chi connectivity index (χ4v) is 1.90. The zero-order valence-electron chi connectivity index (χ0n) is 8.22. The van der Waals surface area contributed by atoms with Gasteiger partial charge in [-0.1, -0.05) is 12.1 Å². The van der Waals surface area contributed by atoms with Gasteiger partial charge in [0.05, 0.1) is 6.61 Å². The third-order valence-corrected chi connectivity index (χ3v) is 2.80. The van der Waals surface area contributed by atoms with E-state index < -0.39 is 0 Å². The first kappa shape index (κ1) is 9.62. The maximum atomic E-state index is 12.7. The van der Waals surface area contributed by atoms with E-state index in [0.717, 1.165) is 18.7 Å². The van der Waals surface area contributed by atoms with Gasteiger partial charge in [-0.15, -0.1) is 0 Å². The molecule has 0 radical (unpaired) electrons. The lowest BCUT2D eigenvalue weighted by molar-refractivity contribution is 0.0947. The van der Waals surface area contributed by atoms with Crippen LogP contribution in [0.25, 0.3) is 0 Å². The van der Waals surface area contributed by atoms with Crippen molar-refractivity contribution in [3.05, 3.63) is 35.6 Å². The van der Waals surface area contributed by atoms with Crippen molar-refractivity contribution in [3.8, 4) is 0 Å². The largest absolute Gasteiger partial charge is 0.384 e. The second kappa shape index (κ2) is 3.67. The number of benzene rings is 1. The Kier molecular flexibility index (Phi) is 2.52. The normalized spacial score (nSPS) is 19.0. The van der Waals surface area contributed by atoms with Crippen LogP contribution in [0.15, 0.2) is 24.3 Å². The quantitative estimate of drug-likeness (QED) is 0.785. The highest BCUT2D eigenvalue weighted by Gasteiger charge is 2.38. The number of halogens is 1. The summed E-state index contributed by atoms with van der Waals surface area (Å²) in [5, 5.41) is 3.23. The molecule has 0 spiro atoms. The van der Waals surface area contributed by atoms with Crippen LogP contribution in [0.5, 0.6) is 0 Å². The van der Waals surface area contributed by atoms with Gasteiger partial charge >= 0.3 is 0 Å². The van der Waals surface area contributed by atoms with Gasteiger partial charge in [-0.3, -0.25) is 0 Å². The Morgan fingerprint density at radius 2 is 2.00 bits per heavy atom. The zero-order chi connectivity index (χ0) is 10.0. The average Bonchev–Trinajstić information content (AvgIpc) is 2.13. The van der Waals surface area contributed by atoms with E-state index in [4.69, 9.17) is 4.74 Å². The molecule has 0 aromatic heterocycles. The van der Waals surface area contributed by atoms with E-state index in [1.807, 2.05) is 12.1 Å². The lowest BCUT2D eigenvalue weighted by Crippen LogP contribution is -2.59. The molecule has 1 aromatic rings. The van der Waals surface area contributed by atoms with Gasteiger partial charge in [0.25, 0.3) is 0 Å². The Hall–Kier alpha value is -0.930. The third-order valence-electron chi connectivity index (χ3n) is 2.80. The predicted molar refractivity (Wildman–Crippen MR) is 52.8 cm³/mol. The number of rotatable bonds is 3. The highest BCUT2D eigenvalue weighted by atomic mass is 19.1. The van der Waals surface area contributed by atoms with E-state index in [1.54, 1.807) is 7.11 Å². The number of methoxy groups -OCH3 is 1. The Morgan fingerprint density at radius 1 is 1.36 bits per heavy atom. The van der Waals surface area contributed by atoms with E-state index in [9.17, 15) is 4.39 Å². The Bertz CT molecular complexity index is 306. The van der Waals surface area contributed by atoms with Gasteiger partial charge in [-0.2, -0.15) is 0 Å². The summed E-state index contributed by atoms with van der Waals surface area (Å²) in [6.45, 7) is 2.50. The number of hydrogen-bond donors (Lipinski definition) is 1. The third kappa shape index (κ3) is 1.53. The van der Waals surface area contributed by atoms with Crippen molar-refractivity contribution in [1.82, 2.24) is 5.32 Å². The summed E-state index contributed by atoms with van der Waals surface area (Å²) in [5.74, 6) is -0.186. The zero-order valence-corrected chi connectivity index (χ0v) is 8.22. The van der Waals surface area contributed by atoms with Gasteiger partial charge < -0.3 is 10.1 Å². The fourth-order valence-electron chi connectivity index (χ4n) is 1.90. The van der Waals surface area contributed by atoms with Crippen LogP contribution in [0, 0.1) is 5.82 Å². The van der Waals surface area contributed by atoms with Crippen LogP contribution in [0.4, 0.5) is 4.39 Å². The summed E-state index contributed by atoms with van der Waals surface area (Å²) in [5.41, 5.74) is 1.21. The number of hydrogen-bond acceptors (Lipinski definition) is 2. The molecule has 1 N–H and O–H groups in total. The predicted octanol–water partition coefficient (Wildman–Crippen LogP) is 1.31. The van der Waals surface area contributed by atoms with Crippen molar-refractivity contribution in [2.75, 3.05) is 26.8 Å². The van der Waals surface area contributed by atoms with Crippen molar-refractivity contribution < 1.29 is 9.13 Å². The molecule has 1 saturated heterocycles. The highest BCUT2D eigenvalue weighted by molar-refractivity contribution is 5.30. The molecule has 1 aliphatic heterocycles. The Labute approximate surface area is 83.1 Å². The summed E-state index contributed by atoms with van der Waals surface area (Å²) in [6.07, 6.45) is 0. The van der Waals surface area contributed by atoms with Crippen LogP contribution in [-0.4, -0.2) is 26.8 Å². The summed E-state index contributed by atoms with van der Waals surface area (Å²) in [4.78, 5) is 0. The first-order valence-electron chi connectivity index (χ1n) is 4.73. The summed E-state index contributed by atoms with van der Waals surface area (Å²) in [7, 11) is 1.70. The molecule has 1 aromatic carbocycles. The van der Waals surface area contributed by atoms with Crippen molar-refractivity contribution in [2.45, 2.75) is 5.41 Å². The van der Waals surface area contributed by atoms with Gasteiger partial charge in [0.1, 0.15) is 5.82 Å². The fraction of sp³-hybridized carbons (Fsp3) is 0.455. The Balaban J connectivity index is 2.23. The topological polar surface area (TPSA) is 21.3 Å². The van der Waals surface area contributed by atoms with Crippen LogP contribution in [0.1, 0.15) is 5.56 Å². The molecule has 2 nitrogen and oxygen atoms in total. The first-order valence-corrected chi connectivity index (χ1v) is 4.73. The SMILES string of the molecule is COCC1(c2ccc(F)cc2)CNC1. The van der Waals surface area contributed by atoms with Crippen LogP contribution >= 0.6 is 0 Å². The first-order chi connectivity index (χ1) is 6.77. The van der Waals surface area contributed by atoms with Crippen molar-refractivity contribution in [3.63, 3.8) is 0 Å². The molecule has 1 fully saturated rings. The van der Waals surface area contributed by atoms with Crippen LogP contribution in [0.2, 0.25) is 0 Å². The lowest BCUT2D eigenvalue weighted by Gasteiger charge is -2.42. The van der Waals surface area contributed by atoms with Gasteiger partial charge in [0.15, 0.2) is 0 Å². The molecule has 0 amide bonds. The minimum absolute atomic E-state index is 0.0580. The summed E-state index contributed by atoms with van der Waals surface area (Å²) < 4.78 is 17.9. The Morgan fingerprint density at radius 3 is 2.43 bits per heavy atom. The van der Waals surface area contributed by atoms with Crippen molar-refractivity contribution in [1.29, 1.82) is 0 Å². The second-order valence-electron chi connectivity index (χ2n) is 3.82. The lowest BCUT2D eigenvalue weighted by atomic mass is 9.76. The minimum atomic E-state index is -0.186. The number of ether oxygens (including phenoxy) is 1. The molecule has 0 saturated carbocycles. The molecule has 76 valence electrons. The van der Waals surface area contributed by atoms with Crippen LogP contribution < -0.4 is 5.32 Å². The molecule has 14 heavy (non-hydrogen) atoms. The maximum absolute atomic E-state index is 12.7. The van der Waals surface area contributed by atoms with Gasteiger partial charge in [0, 0.05) is 25.6 Å². The highest BCUT2D eigenvalue weighted by Crippen LogP contribution is 2.28. The smallest absolute Gasteiger partial charge is 0.123 e. The van der Waals surface area contributed by atoms with Crippen LogP contribution in [-0.2, 0) is 10.2 Å². The molecule has 0 bridgehead atoms. The summed E-state index contributed by atoms with van der Waals surface area (Å²) >= 11 is 0. The molecule has 1 aliphatic rings. The molecular weight excluding hydrogens is 181 g/mol. The van der Waals surface area contributed by atoms with E-state index in [2.05, 4.69) is 5.32 Å². The van der Waals surface area contributed by atoms with E-state index in [-0.39, 0.29) is 11.2 Å². The van der Waals surface area contributed by atoms with Gasteiger partial charge in [-0.25, -0.2) is 4.39 Å². The van der Waals surface area contributed by atoms with Gasteiger partial charge in [0.2, 0.25) is 0 Å². The summed E-state index contributed by atoms with van der Waals surface area (Å²) in [6, 6.07) is 6.69. The second-order valence-corrected chi connectivity index (χ2v) is 3.82. The number of nitrogens with one attached hydrogen (secondary N) is 1. The molecule has 2 rings (SSSR count).